The molecule has 3 rings (SSSR count). The quantitative estimate of drug-likeness (QED) is 0.646. The monoisotopic (exact) mass is 376 g/mol. The van der Waals surface area contributed by atoms with Crippen LogP contribution in [-0.2, 0) is 9.53 Å². The Labute approximate surface area is 142 Å². The van der Waals surface area contributed by atoms with Crippen molar-refractivity contribution in [3.63, 3.8) is 0 Å². The Morgan fingerprint density at radius 1 is 1.17 bits per heavy atom. The Hall–Kier alpha value is -1.61. The van der Waals surface area contributed by atoms with Gasteiger partial charge in [-0.3, -0.25) is 0 Å². The molecule has 3 atom stereocenters. The summed E-state index contributed by atoms with van der Waals surface area (Å²) >= 11 is 0.0689. The molecule has 0 aliphatic carbocycles. The SMILES string of the molecule is CC[C@H](O)c1ccccc1[Se][C@H]1CC(=O)O[C@@H]1c1ccccc1. The van der Waals surface area contributed by atoms with Crippen LogP contribution in [0.4, 0.5) is 0 Å². The standard InChI is InChI=1S/C19H20O3Se/c1-2-15(20)14-10-6-7-11-16(14)23-17-12-18(21)22-19(17)13-8-4-3-5-9-13/h3-11,15,17,19-20H,2,12H2,1H3/t15-,17-,19+/m0/s1. The van der Waals surface area contributed by atoms with E-state index in [1.54, 1.807) is 0 Å². The van der Waals surface area contributed by atoms with Gasteiger partial charge >= 0.3 is 143 Å². The van der Waals surface area contributed by atoms with Gasteiger partial charge in [-0.05, 0) is 0 Å². The van der Waals surface area contributed by atoms with Gasteiger partial charge in [0.1, 0.15) is 0 Å². The molecule has 0 unspecified atom stereocenters. The van der Waals surface area contributed by atoms with Crippen molar-refractivity contribution < 1.29 is 14.6 Å². The zero-order valence-corrected chi connectivity index (χ0v) is 14.7. The number of hydrogen-bond donors (Lipinski definition) is 1. The number of ether oxygens (including phenoxy) is 1. The number of cyclic esters (lactones) is 1. The Morgan fingerprint density at radius 2 is 1.87 bits per heavy atom. The molecule has 1 N–H and O–H groups in total. The molecule has 0 saturated carbocycles. The van der Waals surface area contributed by atoms with Gasteiger partial charge in [-0.1, -0.05) is 0 Å². The van der Waals surface area contributed by atoms with E-state index in [2.05, 4.69) is 6.07 Å². The first kappa shape index (κ1) is 16.3. The summed E-state index contributed by atoms with van der Waals surface area (Å²) in [6, 6.07) is 17.9. The fraction of sp³-hybridized carbons (Fsp3) is 0.316. The van der Waals surface area contributed by atoms with Crippen molar-refractivity contribution >= 4 is 25.4 Å². The van der Waals surface area contributed by atoms with Crippen molar-refractivity contribution in [1.82, 2.24) is 0 Å². The van der Waals surface area contributed by atoms with Gasteiger partial charge in [-0.15, -0.1) is 0 Å². The molecule has 0 radical (unpaired) electrons. The molecule has 23 heavy (non-hydrogen) atoms. The van der Waals surface area contributed by atoms with Crippen LogP contribution >= 0.6 is 0 Å². The fourth-order valence-corrected chi connectivity index (χ4v) is 5.71. The predicted molar refractivity (Wildman–Crippen MR) is 90.7 cm³/mol. The number of hydrogen-bond acceptors (Lipinski definition) is 3. The first-order valence-electron chi connectivity index (χ1n) is 7.87. The number of esters is 1. The predicted octanol–water partition coefficient (Wildman–Crippen LogP) is 2.94. The first-order valence-corrected chi connectivity index (χ1v) is 9.71. The maximum absolute atomic E-state index is 11.8. The van der Waals surface area contributed by atoms with Crippen LogP contribution in [0.25, 0.3) is 0 Å². The van der Waals surface area contributed by atoms with Crippen LogP contribution in [-0.4, -0.2) is 26.0 Å². The topological polar surface area (TPSA) is 46.5 Å². The van der Waals surface area contributed by atoms with Gasteiger partial charge in [0, 0.05) is 0 Å². The molecular weight excluding hydrogens is 355 g/mol. The van der Waals surface area contributed by atoms with Gasteiger partial charge in [0.15, 0.2) is 0 Å². The van der Waals surface area contributed by atoms with E-state index in [1.165, 1.54) is 4.46 Å². The molecule has 0 spiro atoms. The van der Waals surface area contributed by atoms with E-state index >= 15 is 0 Å². The Bertz CT molecular complexity index is 671. The van der Waals surface area contributed by atoms with Gasteiger partial charge < -0.3 is 0 Å². The van der Waals surface area contributed by atoms with Crippen LogP contribution in [0.1, 0.15) is 43.1 Å². The number of benzene rings is 2. The molecule has 0 aromatic heterocycles. The van der Waals surface area contributed by atoms with E-state index in [9.17, 15) is 9.90 Å². The summed E-state index contributed by atoms with van der Waals surface area (Å²) in [5.41, 5.74) is 2.04. The molecule has 0 amide bonds. The fourth-order valence-electron chi connectivity index (χ4n) is 2.81. The van der Waals surface area contributed by atoms with Crippen molar-refractivity contribution in [2.75, 3.05) is 0 Å². The van der Waals surface area contributed by atoms with Crippen molar-refractivity contribution in [3.8, 4) is 0 Å². The molecule has 2 aromatic rings. The van der Waals surface area contributed by atoms with E-state index in [0.29, 0.717) is 12.8 Å². The number of rotatable bonds is 5. The zero-order chi connectivity index (χ0) is 16.2. The normalized spacial score (nSPS) is 21.9. The summed E-state index contributed by atoms with van der Waals surface area (Å²) in [7, 11) is 0. The molecule has 4 heteroatoms. The van der Waals surface area contributed by atoms with Gasteiger partial charge in [0.2, 0.25) is 0 Å². The number of carbonyl (C=O) groups is 1. The third kappa shape index (κ3) is 3.66. The Morgan fingerprint density at radius 3 is 2.61 bits per heavy atom. The zero-order valence-electron chi connectivity index (χ0n) is 13.0. The maximum atomic E-state index is 11.8. The van der Waals surface area contributed by atoms with Gasteiger partial charge in [-0.2, -0.15) is 0 Å². The number of aliphatic hydroxyl groups is 1. The summed E-state index contributed by atoms with van der Waals surface area (Å²) in [6.07, 6.45) is 0.530. The van der Waals surface area contributed by atoms with Crippen LogP contribution < -0.4 is 4.46 Å². The van der Waals surface area contributed by atoms with Crippen molar-refractivity contribution in [1.29, 1.82) is 0 Å². The molecule has 1 fully saturated rings. The van der Waals surface area contributed by atoms with E-state index in [4.69, 9.17) is 4.74 Å². The average molecular weight is 375 g/mol. The van der Waals surface area contributed by atoms with Crippen LogP contribution in [0.3, 0.4) is 0 Å². The first-order chi connectivity index (χ1) is 11.2. The van der Waals surface area contributed by atoms with Crippen LogP contribution in [0, 0.1) is 0 Å². The van der Waals surface area contributed by atoms with E-state index < -0.39 is 6.10 Å². The van der Waals surface area contributed by atoms with Crippen LogP contribution in [0.15, 0.2) is 54.6 Å². The summed E-state index contributed by atoms with van der Waals surface area (Å²) < 4.78 is 6.74. The third-order valence-electron chi connectivity index (χ3n) is 4.04. The summed E-state index contributed by atoms with van der Waals surface area (Å²) in [5, 5.41) is 10.2. The van der Waals surface area contributed by atoms with Gasteiger partial charge in [0.05, 0.1) is 0 Å². The van der Waals surface area contributed by atoms with E-state index in [-0.39, 0.29) is 31.8 Å². The van der Waals surface area contributed by atoms with E-state index in [0.717, 1.165) is 11.1 Å². The van der Waals surface area contributed by atoms with Gasteiger partial charge in [-0.25, -0.2) is 0 Å². The van der Waals surface area contributed by atoms with Crippen molar-refractivity contribution in [3.05, 3.63) is 65.7 Å². The number of aliphatic hydroxyl groups excluding tert-OH is 1. The van der Waals surface area contributed by atoms with Crippen molar-refractivity contribution in [2.45, 2.75) is 36.8 Å². The minimum atomic E-state index is -0.443. The molecule has 120 valence electrons. The molecule has 1 aliphatic rings. The van der Waals surface area contributed by atoms with Crippen LogP contribution in [0.5, 0.6) is 0 Å². The number of carbonyl (C=O) groups excluding carboxylic acids is 1. The Kier molecular flexibility index (Phi) is 5.16. The van der Waals surface area contributed by atoms with E-state index in [1.807, 2.05) is 55.5 Å². The minimum absolute atomic E-state index is 0.0689. The second-order valence-corrected chi connectivity index (χ2v) is 8.33. The second kappa shape index (κ2) is 7.31. The molecule has 0 bridgehead atoms. The molecule has 3 nitrogen and oxygen atoms in total. The van der Waals surface area contributed by atoms with Crippen molar-refractivity contribution in [2.24, 2.45) is 0 Å². The molecule has 1 heterocycles. The average Bonchev–Trinajstić information content (AvgIpc) is 2.96. The summed E-state index contributed by atoms with van der Waals surface area (Å²) in [5.74, 6) is -0.126. The Balaban J connectivity index is 1.85. The third-order valence-corrected chi connectivity index (χ3v) is 6.85. The molecule has 1 saturated heterocycles. The molecule has 2 aromatic carbocycles. The molecule has 1 aliphatic heterocycles. The molecular formula is C19H20O3Se. The second-order valence-electron chi connectivity index (χ2n) is 5.64. The summed E-state index contributed by atoms with van der Waals surface area (Å²) in [6.45, 7) is 1.98. The van der Waals surface area contributed by atoms with Gasteiger partial charge in [0.25, 0.3) is 0 Å². The summed E-state index contributed by atoms with van der Waals surface area (Å²) in [4.78, 5) is 12.0. The van der Waals surface area contributed by atoms with Crippen LogP contribution in [0.2, 0.25) is 4.82 Å².